The van der Waals surface area contributed by atoms with Crippen LogP contribution in [0.15, 0.2) is 28.7 Å². The topological polar surface area (TPSA) is 29.1 Å². The largest absolute Gasteiger partial charge is 0.356 e. The Bertz CT molecular complexity index is 367. The Kier molecular flexibility index (Phi) is 7.36. The van der Waals surface area contributed by atoms with E-state index in [1.165, 1.54) is 0 Å². The van der Waals surface area contributed by atoms with Crippen LogP contribution in [0, 0.1) is 5.92 Å². The number of carbonyl (C=O) groups is 1. The van der Waals surface area contributed by atoms with E-state index in [1.807, 2.05) is 24.3 Å². The van der Waals surface area contributed by atoms with Gasteiger partial charge in [0.25, 0.3) is 0 Å². The van der Waals surface area contributed by atoms with Crippen LogP contribution < -0.4 is 5.32 Å². The van der Waals surface area contributed by atoms with E-state index in [2.05, 4.69) is 28.2 Å². The molecule has 0 saturated carbocycles. The van der Waals surface area contributed by atoms with Crippen molar-refractivity contribution < 1.29 is 4.79 Å². The molecule has 1 N–H and O–H groups in total. The fraction of sp³-hybridized carbons (Fsp3) is 0.500. The third-order valence-corrected chi connectivity index (χ3v) is 3.71. The van der Waals surface area contributed by atoms with E-state index in [4.69, 9.17) is 11.6 Å². The van der Waals surface area contributed by atoms with Crippen LogP contribution in [0.1, 0.15) is 25.3 Å². The molecule has 1 rings (SSSR count). The van der Waals surface area contributed by atoms with Crippen LogP contribution in [0.4, 0.5) is 0 Å². The molecular formula is C14H19BrClNO. The number of alkyl halides is 1. The predicted octanol–water partition coefficient (Wildman–Crippen LogP) is 3.76. The van der Waals surface area contributed by atoms with E-state index in [0.717, 1.165) is 29.4 Å². The highest BCUT2D eigenvalue weighted by Gasteiger charge is 2.08. The number of halogens is 2. The molecule has 0 aliphatic rings. The van der Waals surface area contributed by atoms with Gasteiger partial charge in [-0.3, -0.25) is 4.79 Å². The third kappa shape index (κ3) is 5.87. The smallest absolute Gasteiger partial charge is 0.224 e. The summed E-state index contributed by atoms with van der Waals surface area (Å²) in [5.74, 6) is 1.21. The molecule has 0 heterocycles. The lowest BCUT2D eigenvalue weighted by Gasteiger charge is -2.14. The van der Waals surface area contributed by atoms with E-state index in [9.17, 15) is 4.79 Å². The summed E-state index contributed by atoms with van der Waals surface area (Å²) in [6.45, 7) is 2.84. The maximum atomic E-state index is 11.8. The van der Waals surface area contributed by atoms with Gasteiger partial charge < -0.3 is 5.32 Å². The van der Waals surface area contributed by atoms with Gasteiger partial charge in [0, 0.05) is 16.9 Å². The summed E-state index contributed by atoms with van der Waals surface area (Å²) in [5.41, 5.74) is 1.03. The van der Waals surface area contributed by atoms with Gasteiger partial charge in [0.2, 0.25) is 5.91 Å². The van der Waals surface area contributed by atoms with Crippen LogP contribution in [0.3, 0.4) is 0 Å². The molecule has 0 aliphatic carbocycles. The summed E-state index contributed by atoms with van der Waals surface area (Å²) in [4.78, 5) is 11.8. The first kappa shape index (κ1) is 15.5. The summed E-state index contributed by atoms with van der Waals surface area (Å²) >= 11 is 9.09. The average molecular weight is 333 g/mol. The number of hydrogen-bond acceptors (Lipinski definition) is 1. The van der Waals surface area contributed by atoms with Gasteiger partial charge in [0.05, 0.1) is 6.42 Å². The average Bonchev–Trinajstić information content (AvgIpc) is 2.37. The van der Waals surface area contributed by atoms with Crippen molar-refractivity contribution in [3.8, 4) is 0 Å². The first-order chi connectivity index (χ1) is 8.65. The Morgan fingerprint density at radius 2 is 2.06 bits per heavy atom. The fourth-order valence-electron chi connectivity index (χ4n) is 1.71. The zero-order valence-corrected chi connectivity index (χ0v) is 12.9. The molecule has 1 atom stereocenters. The van der Waals surface area contributed by atoms with Gasteiger partial charge in [-0.15, -0.1) is 11.6 Å². The second kappa shape index (κ2) is 8.54. The van der Waals surface area contributed by atoms with Crippen molar-refractivity contribution in [3.63, 3.8) is 0 Å². The SMILES string of the molecule is CCC(CCCl)CNC(=O)Cc1ccc(Br)cc1. The van der Waals surface area contributed by atoms with Gasteiger partial charge >= 0.3 is 0 Å². The Balaban J connectivity index is 2.35. The normalized spacial score (nSPS) is 12.2. The van der Waals surface area contributed by atoms with Crippen molar-refractivity contribution in [1.82, 2.24) is 5.32 Å². The highest BCUT2D eigenvalue weighted by Crippen LogP contribution is 2.11. The first-order valence-corrected chi connectivity index (χ1v) is 7.55. The molecule has 2 nitrogen and oxygen atoms in total. The summed E-state index contributed by atoms with van der Waals surface area (Å²) in [6, 6.07) is 7.81. The molecule has 0 fully saturated rings. The highest BCUT2D eigenvalue weighted by molar-refractivity contribution is 9.10. The van der Waals surface area contributed by atoms with Gasteiger partial charge in [-0.05, 0) is 30.0 Å². The summed E-state index contributed by atoms with van der Waals surface area (Å²) in [5, 5.41) is 2.97. The van der Waals surface area contributed by atoms with Crippen molar-refractivity contribution >= 4 is 33.4 Å². The van der Waals surface area contributed by atoms with E-state index in [1.54, 1.807) is 0 Å². The van der Waals surface area contributed by atoms with Gasteiger partial charge in [-0.25, -0.2) is 0 Å². The number of nitrogens with one attached hydrogen (secondary N) is 1. The molecule has 100 valence electrons. The van der Waals surface area contributed by atoms with E-state index in [-0.39, 0.29) is 5.91 Å². The lowest BCUT2D eigenvalue weighted by molar-refractivity contribution is -0.120. The lowest BCUT2D eigenvalue weighted by atomic mass is 10.0. The lowest BCUT2D eigenvalue weighted by Crippen LogP contribution is -2.30. The summed E-state index contributed by atoms with van der Waals surface area (Å²) < 4.78 is 1.03. The minimum Gasteiger partial charge on any atom is -0.356 e. The molecule has 1 unspecified atom stereocenters. The second-order valence-corrected chi connectivity index (χ2v) is 5.65. The second-order valence-electron chi connectivity index (χ2n) is 4.36. The van der Waals surface area contributed by atoms with Crippen molar-refractivity contribution in [1.29, 1.82) is 0 Å². The number of carbonyl (C=O) groups excluding carboxylic acids is 1. The minimum atomic E-state index is 0.0744. The number of benzene rings is 1. The van der Waals surface area contributed by atoms with E-state index >= 15 is 0 Å². The zero-order valence-electron chi connectivity index (χ0n) is 10.6. The fourth-order valence-corrected chi connectivity index (χ4v) is 2.29. The maximum Gasteiger partial charge on any atom is 0.224 e. The third-order valence-electron chi connectivity index (χ3n) is 2.96. The van der Waals surface area contributed by atoms with Gasteiger partial charge in [0.1, 0.15) is 0 Å². The van der Waals surface area contributed by atoms with Crippen LogP contribution in [-0.2, 0) is 11.2 Å². The molecule has 1 aromatic carbocycles. The molecule has 18 heavy (non-hydrogen) atoms. The summed E-state index contributed by atoms with van der Waals surface area (Å²) in [7, 11) is 0. The Hall–Kier alpha value is -0.540. The molecule has 0 bridgehead atoms. The Morgan fingerprint density at radius 1 is 1.39 bits per heavy atom. The van der Waals surface area contributed by atoms with Crippen molar-refractivity contribution in [2.24, 2.45) is 5.92 Å². The first-order valence-electron chi connectivity index (χ1n) is 6.22. The molecule has 0 aromatic heterocycles. The van der Waals surface area contributed by atoms with Crippen LogP contribution in [0.2, 0.25) is 0 Å². The standard InChI is InChI=1S/C14H19BrClNO/c1-2-11(7-8-16)10-17-14(18)9-12-3-5-13(15)6-4-12/h3-6,11H,2,7-10H2,1H3,(H,17,18). The highest BCUT2D eigenvalue weighted by atomic mass is 79.9. The van der Waals surface area contributed by atoms with Crippen LogP contribution >= 0.6 is 27.5 Å². The van der Waals surface area contributed by atoms with Crippen LogP contribution in [0.25, 0.3) is 0 Å². The maximum absolute atomic E-state index is 11.8. The quantitative estimate of drug-likeness (QED) is 0.757. The van der Waals surface area contributed by atoms with Crippen molar-refractivity contribution in [2.75, 3.05) is 12.4 Å². The molecule has 1 amide bonds. The van der Waals surface area contributed by atoms with Crippen LogP contribution in [0.5, 0.6) is 0 Å². The Labute approximate surface area is 122 Å². The molecule has 0 radical (unpaired) electrons. The molecule has 0 spiro atoms. The monoisotopic (exact) mass is 331 g/mol. The van der Waals surface area contributed by atoms with E-state index in [0.29, 0.717) is 18.2 Å². The Morgan fingerprint density at radius 3 is 2.61 bits per heavy atom. The molecule has 0 saturated heterocycles. The molecular weight excluding hydrogens is 314 g/mol. The molecule has 0 aliphatic heterocycles. The molecule has 4 heteroatoms. The number of hydrogen-bond donors (Lipinski definition) is 1. The van der Waals surface area contributed by atoms with E-state index < -0.39 is 0 Å². The van der Waals surface area contributed by atoms with Gasteiger partial charge in [-0.2, -0.15) is 0 Å². The number of rotatable bonds is 7. The summed E-state index contributed by atoms with van der Waals surface area (Å²) in [6.07, 6.45) is 2.44. The molecule has 1 aromatic rings. The minimum absolute atomic E-state index is 0.0744. The van der Waals surface area contributed by atoms with Crippen LogP contribution in [-0.4, -0.2) is 18.3 Å². The van der Waals surface area contributed by atoms with Crippen molar-refractivity contribution in [2.45, 2.75) is 26.2 Å². The predicted molar refractivity (Wildman–Crippen MR) is 80.0 cm³/mol. The zero-order chi connectivity index (χ0) is 13.4. The number of amides is 1. The van der Waals surface area contributed by atoms with Gasteiger partial charge in [-0.1, -0.05) is 41.4 Å². The van der Waals surface area contributed by atoms with Crippen molar-refractivity contribution in [3.05, 3.63) is 34.3 Å². The van der Waals surface area contributed by atoms with Gasteiger partial charge in [0.15, 0.2) is 0 Å².